The molecule has 0 fully saturated rings. The maximum Gasteiger partial charge on any atom is 0.248 e. The minimum absolute atomic E-state index is 0.199. The summed E-state index contributed by atoms with van der Waals surface area (Å²) in [5.41, 5.74) is 11.1. The smallest absolute Gasteiger partial charge is 0.248 e. The molecule has 0 aliphatic carbocycles. The molecule has 396 valence electrons. The van der Waals surface area contributed by atoms with Crippen LogP contribution in [-0.2, 0) is 13.7 Å². The molecule has 0 amide bonds. The van der Waals surface area contributed by atoms with Gasteiger partial charge in [0.05, 0.1) is 0 Å². The third kappa shape index (κ3) is 12.6. The molecule has 10 heteroatoms. The Bertz CT molecular complexity index is 3450. The zero-order valence-electron chi connectivity index (χ0n) is 46.8. The van der Waals surface area contributed by atoms with Crippen molar-refractivity contribution in [3.63, 3.8) is 0 Å². The van der Waals surface area contributed by atoms with E-state index in [1.807, 2.05) is 205 Å². The van der Waals surface area contributed by atoms with Crippen molar-refractivity contribution in [1.82, 2.24) is 0 Å². The first-order valence-electron chi connectivity index (χ1n) is 25.9. The molecule has 0 heterocycles. The Kier molecular flexibility index (Phi) is 19.3. The third-order valence-electron chi connectivity index (χ3n) is 13.8. The van der Waals surface area contributed by atoms with Gasteiger partial charge in [-0.2, -0.15) is 0 Å². The van der Waals surface area contributed by atoms with Crippen molar-refractivity contribution in [2.24, 2.45) is 0 Å². The second kappa shape index (κ2) is 25.1. The van der Waals surface area contributed by atoms with E-state index in [2.05, 4.69) is 0 Å². The summed E-state index contributed by atoms with van der Waals surface area (Å²) in [7, 11) is -10.7. The Labute approximate surface area is 456 Å². The lowest BCUT2D eigenvalue weighted by Crippen LogP contribution is -2.23. The SMILES string of the molecule is CCCP(=O)(C(=O)c1c(C)cc(C)cc1C)c1ccccc1.Cc1cc(C)c(C(=O)P(=O)(C(=O)c2c(C)cc(C)cc2C)c2ccccc2)c(C)c1.Cc1cc(C)c(C(=O)P(=O)(c2ccccc2)c2ccccc2)c(C)c1. The van der Waals surface area contributed by atoms with E-state index in [0.717, 1.165) is 73.2 Å². The second-order valence-corrected chi connectivity index (χ2v) is 28.4. The molecule has 77 heavy (non-hydrogen) atoms. The van der Waals surface area contributed by atoms with Crippen LogP contribution >= 0.6 is 21.4 Å². The highest BCUT2D eigenvalue weighted by Gasteiger charge is 2.45. The van der Waals surface area contributed by atoms with E-state index in [-0.39, 0.29) is 16.4 Å². The molecule has 0 N–H and O–H groups in total. The zero-order chi connectivity index (χ0) is 56.6. The topological polar surface area (TPSA) is 119 Å². The van der Waals surface area contributed by atoms with E-state index in [1.165, 1.54) is 0 Å². The fraction of sp³-hybridized carbons (Fsp3) is 0.224. The molecular weight excluding hydrogens is 1010 g/mol. The molecule has 7 nitrogen and oxygen atoms in total. The normalized spacial score (nSPS) is 12.0. The van der Waals surface area contributed by atoms with Gasteiger partial charge in [-0.15, -0.1) is 0 Å². The minimum Gasteiger partial charge on any atom is -0.310 e. The maximum atomic E-state index is 14.5. The number of aryl methyl sites for hydroxylation is 12. The minimum atomic E-state index is -4.11. The van der Waals surface area contributed by atoms with Gasteiger partial charge in [-0.05, 0) is 134 Å². The van der Waals surface area contributed by atoms with Crippen LogP contribution in [0.5, 0.6) is 0 Å². The van der Waals surface area contributed by atoms with Gasteiger partial charge in [0.25, 0.3) is 0 Å². The summed E-state index contributed by atoms with van der Waals surface area (Å²) in [6.07, 6.45) is 1.14. The number of carbonyl (C=O) groups is 4. The highest BCUT2D eigenvalue weighted by Crippen LogP contribution is 2.53. The molecule has 0 aliphatic rings. The average Bonchev–Trinajstić information content (AvgIpc) is 3.39. The van der Waals surface area contributed by atoms with Crippen molar-refractivity contribution in [1.29, 1.82) is 0 Å². The summed E-state index contributed by atoms with van der Waals surface area (Å²) < 4.78 is 42.2. The van der Waals surface area contributed by atoms with E-state index in [4.69, 9.17) is 0 Å². The summed E-state index contributed by atoms with van der Waals surface area (Å²) in [6.45, 7) is 24.9. The lowest BCUT2D eigenvalue weighted by molar-refractivity contribution is 0.103. The molecular formula is C67H71O7P3. The van der Waals surface area contributed by atoms with E-state index in [0.29, 0.717) is 44.3 Å². The number of benzene rings is 8. The van der Waals surface area contributed by atoms with Gasteiger partial charge in [0.2, 0.25) is 36.4 Å². The van der Waals surface area contributed by atoms with Crippen molar-refractivity contribution >= 4 is 64.7 Å². The Morgan fingerprint density at radius 1 is 0.312 bits per heavy atom. The summed E-state index contributed by atoms with van der Waals surface area (Å²) in [5.74, 6) is 0. The molecule has 8 rings (SSSR count). The van der Waals surface area contributed by atoms with Crippen LogP contribution in [0.2, 0.25) is 0 Å². The first kappa shape index (κ1) is 59.4. The van der Waals surface area contributed by atoms with Crippen LogP contribution in [0.4, 0.5) is 0 Å². The van der Waals surface area contributed by atoms with E-state index >= 15 is 0 Å². The predicted molar refractivity (Wildman–Crippen MR) is 322 cm³/mol. The molecule has 0 saturated heterocycles. The first-order chi connectivity index (χ1) is 36.4. The molecule has 0 radical (unpaired) electrons. The van der Waals surface area contributed by atoms with Gasteiger partial charge in [0, 0.05) is 49.6 Å². The summed E-state index contributed by atoms with van der Waals surface area (Å²) >= 11 is 0. The lowest BCUT2D eigenvalue weighted by Gasteiger charge is -2.21. The predicted octanol–water partition coefficient (Wildman–Crippen LogP) is 15.8. The van der Waals surface area contributed by atoms with Gasteiger partial charge < -0.3 is 13.7 Å². The Balaban J connectivity index is 0.000000190. The zero-order valence-corrected chi connectivity index (χ0v) is 49.5. The Morgan fingerprint density at radius 3 is 0.818 bits per heavy atom. The van der Waals surface area contributed by atoms with Crippen LogP contribution in [0.3, 0.4) is 0 Å². The fourth-order valence-corrected chi connectivity index (χ4v) is 18.6. The molecule has 0 aliphatic heterocycles. The second-order valence-electron chi connectivity index (χ2n) is 20.3. The van der Waals surface area contributed by atoms with Gasteiger partial charge in [-0.3, -0.25) is 19.2 Å². The molecule has 0 spiro atoms. The van der Waals surface area contributed by atoms with Crippen molar-refractivity contribution in [3.8, 4) is 0 Å². The summed E-state index contributed by atoms with van der Waals surface area (Å²) in [6, 6.07) is 51.3. The highest BCUT2D eigenvalue weighted by molar-refractivity contribution is 8.01. The monoisotopic (exact) mass is 1080 g/mol. The standard InChI is InChI=1S/C26H27O3P.C22H21O2P.C19H23O2P/c1-16-12-18(3)23(19(4)13-16)25(27)30(29,22-10-8-7-9-11-22)26(28)24-20(5)14-17(2)15-21(24)6;1-16-14-17(2)21(18(3)15-16)22(23)25(24,19-10-6-4-7-11-19)20-12-8-5-9-13-20;1-5-11-22(21,17-9-7-6-8-10-17)19(20)18-15(3)12-14(2)13-16(18)4/h7-15H,1-6H3;4-15H,1-3H3;6-10,12-13H,5,11H2,1-4H3. The van der Waals surface area contributed by atoms with Crippen LogP contribution in [-0.4, -0.2) is 28.3 Å². The number of hydrogen-bond donors (Lipinski definition) is 0. The first-order valence-corrected chi connectivity index (χ1v) is 31.2. The van der Waals surface area contributed by atoms with Crippen molar-refractivity contribution < 1.29 is 32.9 Å². The quantitative estimate of drug-likeness (QED) is 0.0995. The van der Waals surface area contributed by atoms with E-state index in [9.17, 15) is 32.9 Å². The average molecular weight is 1080 g/mol. The van der Waals surface area contributed by atoms with E-state index in [1.54, 1.807) is 54.6 Å². The van der Waals surface area contributed by atoms with Crippen LogP contribution in [0.15, 0.2) is 170 Å². The molecule has 8 aromatic rings. The number of hydrogen-bond acceptors (Lipinski definition) is 7. The highest BCUT2D eigenvalue weighted by atomic mass is 31.2. The van der Waals surface area contributed by atoms with Crippen LogP contribution < -0.4 is 21.2 Å². The van der Waals surface area contributed by atoms with Gasteiger partial charge in [-0.25, -0.2) is 0 Å². The maximum absolute atomic E-state index is 14.5. The van der Waals surface area contributed by atoms with Crippen molar-refractivity contribution in [2.45, 2.75) is 96.4 Å². The molecule has 1 atom stereocenters. The lowest BCUT2D eigenvalue weighted by atomic mass is 10.0. The molecule has 0 bridgehead atoms. The largest absolute Gasteiger partial charge is 0.310 e. The van der Waals surface area contributed by atoms with Crippen molar-refractivity contribution in [3.05, 3.63) is 259 Å². The van der Waals surface area contributed by atoms with Gasteiger partial charge in [-0.1, -0.05) is 199 Å². The Hall–Kier alpha value is -6.87. The van der Waals surface area contributed by atoms with Crippen LogP contribution in [0, 0.1) is 83.1 Å². The third-order valence-corrected chi connectivity index (χ3v) is 22.4. The van der Waals surface area contributed by atoms with Crippen LogP contribution in [0.25, 0.3) is 0 Å². The Morgan fingerprint density at radius 2 is 0.545 bits per heavy atom. The van der Waals surface area contributed by atoms with Gasteiger partial charge >= 0.3 is 0 Å². The molecule has 0 saturated carbocycles. The number of rotatable bonds is 14. The van der Waals surface area contributed by atoms with Crippen molar-refractivity contribution in [2.75, 3.05) is 6.16 Å². The summed E-state index contributed by atoms with van der Waals surface area (Å²) in [4.78, 5) is 54.4. The number of carbonyl (C=O) groups excluding carboxylic acids is 4. The van der Waals surface area contributed by atoms with Crippen LogP contribution in [0.1, 0.15) is 122 Å². The van der Waals surface area contributed by atoms with Gasteiger partial charge in [0.1, 0.15) is 0 Å². The molecule has 1 unspecified atom stereocenters. The summed E-state index contributed by atoms with van der Waals surface area (Å²) in [5, 5.41) is 2.09. The van der Waals surface area contributed by atoms with Gasteiger partial charge in [0.15, 0.2) is 7.14 Å². The molecule has 8 aromatic carbocycles. The van der Waals surface area contributed by atoms with E-state index < -0.39 is 32.5 Å². The molecule has 0 aromatic heterocycles. The fourth-order valence-electron chi connectivity index (χ4n) is 10.7.